The molecule has 0 aromatic carbocycles. The zero-order valence-electron chi connectivity index (χ0n) is 11.5. The number of nitrogens with one attached hydrogen (secondary N) is 1. The number of hydrogen-bond acceptors (Lipinski definition) is 5. The molecule has 0 spiro atoms. The van der Waals surface area contributed by atoms with Crippen molar-refractivity contribution in [3.05, 3.63) is 11.0 Å². The van der Waals surface area contributed by atoms with E-state index in [0.717, 1.165) is 5.69 Å². The number of carbonyl (C=O) groups is 1. The summed E-state index contributed by atoms with van der Waals surface area (Å²) in [5.74, 6) is 1.19. The minimum atomic E-state index is -1.06. The van der Waals surface area contributed by atoms with Crippen molar-refractivity contribution < 1.29 is 9.00 Å². The van der Waals surface area contributed by atoms with E-state index in [2.05, 4.69) is 15.3 Å². The molecule has 0 aliphatic carbocycles. The average molecular weight is 317 g/mol. The van der Waals surface area contributed by atoms with E-state index in [1.54, 1.807) is 19.0 Å². The first-order chi connectivity index (χ1) is 9.49. The van der Waals surface area contributed by atoms with Gasteiger partial charge >= 0.3 is 0 Å². The van der Waals surface area contributed by atoms with Crippen molar-refractivity contribution in [1.82, 2.24) is 14.9 Å². The van der Waals surface area contributed by atoms with E-state index in [0.29, 0.717) is 42.3 Å². The summed E-state index contributed by atoms with van der Waals surface area (Å²) in [7, 11) is 2.40. The molecule has 2 heterocycles. The molecule has 20 heavy (non-hydrogen) atoms. The number of fused-ring (bicyclic) bond motifs is 1. The largest absolute Gasteiger partial charge is 0.369 e. The third-order valence-corrected chi connectivity index (χ3v) is 4.65. The number of rotatable bonds is 5. The minimum absolute atomic E-state index is 0.0846. The van der Waals surface area contributed by atoms with Gasteiger partial charge in [0.1, 0.15) is 10.7 Å². The first-order valence-electron chi connectivity index (χ1n) is 6.38. The Hall–Kier alpha value is -1.21. The maximum absolute atomic E-state index is 11.9. The fourth-order valence-electron chi connectivity index (χ4n) is 1.96. The number of aryl methyl sites for hydroxylation is 1. The Bertz CT molecular complexity index is 551. The smallest absolute Gasteiger partial charge is 0.224 e. The van der Waals surface area contributed by atoms with E-state index < -0.39 is 10.8 Å². The van der Waals surface area contributed by atoms with Crippen molar-refractivity contribution >= 4 is 34.1 Å². The number of aromatic nitrogens is 2. The molecule has 2 rings (SSSR count). The van der Waals surface area contributed by atoms with E-state index in [1.807, 2.05) is 0 Å². The standard InChI is InChI=1S/C12H17ClN4O2S/c1-17(2)9(18)4-3-6-14-11-10-8(5-7-20(10)19)15-12(13)16-11/h3-7H2,1-2H3,(H,14,15,16). The first-order valence-corrected chi connectivity index (χ1v) is 8.07. The molecule has 1 aliphatic heterocycles. The summed E-state index contributed by atoms with van der Waals surface area (Å²) >= 11 is 5.86. The topological polar surface area (TPSA) is 75.2 Å². The minimum Gasteiger partial charge on any atom is -0.369 e. The molecule has 1 aromatic heterocycles. The molecule has 0 radical (unpaired) electrons. The second-order valence-electron chi connectivity index (χ2n) is 4.74. The predicted octanol–water partition coefficient (Wildman–Crippen LogP) is 1.07. The lowest BCUT2D eigenvalue weighted by Gasteiger charge is -2.11. The highest BCUT2D eigenvalue weighted by Crippen LogP contribution is 2.28. The first kappa shape index (κ1) is 15.2. The summed E-state index contributed by atoms with van der Waals surface area (Å²) < 4.78 is 11.9. The molecular weight excluding hydrogens is 300 g/mol. The number of anilines is 1. The highest BCUT2D eigenvalue weighted by molar-refractivity contribution is 7.85. The highest BCUT2D eigenvalue weighted by Gasteiger charge is 2.25. The molecule has 8 heteroatoms. The molecule has 0 saturated carbocycles. The normalized spacial score (nSPS) is 16.9. The third-order valence-electron chi connectivity index (χ3n) is 3.02. The number of nitrogens with zero attached hydrogens (tertiary/aromatic N) is 3. The predicted molar refractivity (Wildman–Crippen MR) is 78.4 cm³/mol. The van der Waals surface area contributed by atoms with Crippen LogP contribution in [0, 0.1) is 0 Å². The van der Waals surface area contributed by atoms with Gasteiger partial charge in [0, 0.05) is 39.2 Å². The van der Waals surface area contributed by atoms with Crippen molar-refractivity contribution in [2.24, 2.45) is 0 Å². The molecule has 110 valence electrons. The summed E-state index contributed by atoms with van der Waals surface area (Å²) in [4.78, 5) is 21.9. The second kappa shape index (κ2) is 6.49. The molecule has 1 aliphatic rings. The highest BCUT2D eigenvalue weighted by atomic mass is 35.5. The van der Waals surface area contributed by atoms with Crippen molar-refractivity contribution in [2.75, 3.05) is 31.7 Å². The van der Waals surface area contributed by atoms with E-state index in [4.69, 9.17) is 11.6 Å². The van der Waals surface area contributed by atoms with Crippen molar-refractivity contribution in [3.63, 3.8) is 0 Å². The van der Waals surface area contributed by atoms with Gasteiger partial charge in [-0.15, -0.1) is 0 Å². The lowest BCUT2D eigenvalue weighted by Crippen LogP contribution is -2.22. The summed E-state index contributed by atoms with van der Waals surface area (Å²) in [6.45, 7) is 0.580. The van der Waals surface area contributed by atoms with Gasteiger partial charge in [0.2, 0.25) is 11.2 Å². The van der Waals surface area contributed by atoms with Gasteiger partial charge in [0.15, 0.2) is 0 Å². The van der Waals surface area contributed by atoms with Crippen LogP contribution in [0.4, 0.5) is 5.82 Å². The van der Waals surface area contributed by atoms with E-state index in [1.165, 1.54) is 0 Å². The lowest BCUT2D eigenvalue weighted by atomic mass is 10.3. The van der Waals surface area contributed by atoms with Gasteiger partial charge in [-0.05, 0) is 18.0 Å². The third kappa shape index (κ3) is 3.46. The van der Waals surface area contributed by atoms with Gasteiger partial charge < -0.3 is 10.2 Å². The Morgan fingerprint density at radius 2 is 2.20 bits per heavy atom. The van der Waals surface area contributed by atoms with Gasteiger partial charge in [-0.3, -0.25) is 9.00 Å². The molecular formula is C12H17ClN4O2S. The number of carbonyl (C=O) groups excluding carboxylic acids is 1. The van der Waals surface area contributed by atoms with Gasteiger partial charge in [0.25, 0.3) is 0 Å². The van der Waals surface area contributed by atoms with Crippen LogP contribution in [-0.2, 0) is 22.0 Å². The van der Waals surface area contributed by atoms with Crippen LogP contribution < -0.4 is 5.32 Å². The second-order valence-corrected chi connectivity index (χ2v) is 6.58. The van der Waals surface area contributed by atoms with Crippen LogP contribution >= 0.6 is 11.6 Å². The fourth-order valence-corrected chi connectivity index (χ4v) is 3.47. The summed E-state index contributed by atoms with van der Waals surface area (Å²) in [6.07, 6.45) is 1.81. The van der Waals surface area contributed by atoms with Crippen LogP contribution in [-0.4, -0.2) is 51.4 Å². The summed E-state index contributed by atoms with van der Waals surface area (Å²) in [6, 6.07) is 0. The van der Waals surface area contributed by atoms with E-state index in [9.17, 15) is 9.00 Å². The maximum atomic E-state index is 11.9. The molecule has 1 aromatic rings. The van der Waals surface area contributed by atoms with Gasteiger partial charge in [-0.1, -0.05) is 0 Å². The molecule has 0 fully saturated rings. The van der Waals surface area contributed by atoms with Crippen LogP contribution in [0.2, 0.25) is 5.28 Å². The Morgan fingerprint density at radius 1 is 1.45 bits per heavy atom. The molecule has 6 nitrogen and oxygen atoms in total. The number of hydrogen-bond donors (Lipinski definition) is 1. The van der Waals surface area contributed by atoms with Crippen LogP contribution in [0.5, 0.6) is 0 Å². The maximum Gasteiger partial charge on any atom is 0.224 e. The number of amides is 1. The van der Waals surface area contributed by atoms with E-state index >= 15 is 0 Å². The van der Waals surface area contributed by atoms with E-state index in [-0.39, 0.29) is 11.2 Å². The molecule has 0 saturated heterocycles. The summed E-state index contributed by atoms with van der Waals surface area (Å²) in [5, 5.41) is 3.27. The molecule has 0 bridgehead atoms. The monoisotopic (exact) mass is 316 g/mol. The zero-order valence-corrected chi connectivity index (χ0v) is 13.1. The Labute approximate surface area is 125 Å². The van der Waals surface area contributed by atoms with Crippen LogP contribution in [0.3, 0.4) is 0 Å². The molecule has 1 amide bonds. The number of halogens is 1. The zero-order chi connectivity index (χ0) is 14.7. The summed E-state index contributed by atoms with van der Waals surface area (Å²) in [5.41, 5.74) is 0.759. The van der Waals surface area contributed by atoms with Crippen LogP contribution in [0.15, 0.2) is 4.90 Å². The van der Waals surface area contributed by atoms with Crippen molar-refractivity contribution in [1.29, 1.82) is 0 Å². The fraction of sp³-hybridized carbons (Fsp3) is 0.583. The lowest BCUT2D eigenvalue weighted by molar-refractivity contribution is -0.128. The van der Waals surface area contributed by atoms with Crippen LogP contribution in [0.25, 0.3) is 0 Å². The van der Waals surface area contributed by atoms with Crippen molar-refractivity contribution in [2.45, 2.75) is 24.2 Å². The quantitative estimate of drug-likeness (QED) is 0.650. The Balaban J connectivity index is 1.97. The molecule has 1 N–H and O–H groups in total. The van der Waals surface area contributed by atoms with Crippen LogP contribution in [0.1, 0.15) is 18.5 Å². The van der Waals surface area contributed by atoms with Crippen molar-refractivity contribution in [3.8, 4) is 0 Å². The Kier molecular flexibility index (Phi) is 4.93. The Morgan fingerprint density at radius 3 is 2.90 bits per heavy atom. The SMILES string of the molecule is CN(C)C(=O)CCCNc1nc(Cl)nc2c1S(=O)CC2. The van der Waals surface area contributed by atoms with Gasteiger partial charge in [-0.2, -0.15) is 4.98 Å². The average Bonchev–Trinajstić information content (AvgIpc) is 2.75. The molecule has 1 atom stereocenters. The van der Waals surface area contributed by atoms with Gasteiger partial charge in [-0.25, -0.2) is 4.98 Å². The molecule has 1 unspecified atom stereocenters. The van der Waals surface area contributed by atoms with Gasteiger partial charge in [0.05, 0.1) is 16.5 Å².